The van der Waals surface area contributed by atoms with Crippen molar-refractivity contribution in [1.82, 2.24) is 0 Å². The van der Waals surface area contributed by atoms with Crippen LogP contribution in [-0.4, -0.2) is 10.2 Å². The Morgan fingerprint density at radius 3 is 1.15 bits per heavy atom. The maximum atomic E-state index is 11.3. The average Bonchev–Trinajstić information content (AvgIpc) is 2.80. The zero-order chi connectivity index (χ0) is 30.3. The molecule has 1 aliphatic rings. The summed E-state index contributed by atoms with van der Waals surface area (Å²) in [6.45, 7) is 26.2. The molecule has 0 aliphatic heterocycles. The molecule has 1 aliphatic carbocycles. The second-order valence-electron chi connectivity index (χ2n) is 16.0. The summed E-state index contributed by atoms with van der Waals surface area (Å²) in [5.74, 6) is 1.16. The largest absolute Gasteiger partial charge is 2.00 e. The minimum Gasteiger partial charge on any atom is -0.526 e. The minimum atomic E-state index is -0.159. The zero-order valence-electron chi connectivity index (χ0n) is 27.7. The van der Waals surface area contributed by atoms with E-state index >= 15 is 0 Å². The van der Waals surface area contributed by atoms with Crippen molar-refractivity contribution in [3.05, 3.63) is 69.8 Å². The Bertz CT molecular complexity index is 1150. The van der Waals surface area contributed by atoms with Crippen LogP contribution in [-0.2, 0) is 38.4 Å². The van der Waals surface area contributed by atoms with Crippen molar-refractivity contribution in [1.29, 1.82) is 0 Å². The number of rotatable bonds is 4. The fraction of sp³-hybridized carbons (Fsp3) is 0.579. The maximum Gasteiger partial charge on any atom is 2.00 e. The van der Waals surface area contributed by atoms with Gasteiger partial charge in [-0.25, -0.2) is 12.2 Å². The second kappa shape index (κ2) is 12.7. The SMILES string of the molecule is CC(C)(C)c1cc(C=[C-][C@@H]2CCCC[C@H]2[C-]=Cc2cc(C(C)(C)C)cc(C(C)(C)C)c2O)c(O)c(C(C)(C)C)c1.[Co+2]. The summed E-state index contributed by atoms with van der Waals surface area (Å²) < 4.78 is 0. The molecule has 0 amide bonds. The van der Waals surface area contributed by atoms with Crippen LogP contribution in [0.25, 0.3) is 12.2 Å². The van der Waals surface area contributed by atoms with Crippen LogP contribution in [0.5, 0.6) is 11.5 Å². The summed E-state index contributed by atoms with van der Waals surface area (Å²) in [7, 11) is 0. The fourth-order valence-electron chi connectivity index (χ4n) is 5.47. The molecule has 0 spiro atoms. The molecule has 3 rings (SSSR count). The van der Waals surface area contributed by atoms with Crippen molar-refractivity contribution < 1.29 is 27.0 Å². The van der Waals surface area contributed by atoms with Crippen LogP contribution >= 0.6 is 0 Å². The van der Waals surface area contributed by atoms with Gasteiger partial charge >= 0.3 is 16.8 Å². The van der Waals surface area contributed by atoms with Crippen LogP contribution < -0.4 is 0 Å². The smallest absolute Gasteiger partial charge is 0.526 e. The standard InChI is InChI=1S/C38H54O2.Co/c1-35(2,3)29-21-27(33(39)31(23-29)37(7,8)9)19-17-25-15-13-14-16-26(25)18-20-28-22-30(36(4,5)6)24-32(34(28)40)38(10,11)12;/h19-26,39-40H,13-16H2,1-12H3;/q-2;+2/t25-,26-;/m0./s1. The van der Waals surface area contributed by atoms with E-state index in [1.807, 2.05) is 12.2 Å². The first-order chi connectivity index (χ1) is 18.2. The van der Waals surface area contributed by atoms with Crippen molar-refractivity contribution in [2.75, 3.05) is 0 Å². The number of benzene rings is 2. The van der Waals surface area contributed by atoms with Gasteiger partial charge in [0.2, 0.25) is 0 Å². The molecule has 0 saturated heterocycles. The molecule has 227 valence electrons. The molecule has 1 saturated carbocycles. The quantitative estimate of drug-likeness (QED) is 0.342. The van der Waals surface area contributed by atoms with Crippen LogP contribution in [0.2, 0.25) is 0 Å². The van der Waals surface area contributed by atoms with Crippen molar-refractivity contribution in [3.63, 3.8) is 0 Å². The van der Waals surface area contributed by atoms with Crippen molar-refractivity contribution in [2.24, 2.45) is 11.8 Å². The van der Waals surface area contributed by atoms with Gasteiger partial charge in [-0.05, 0) is 32.8 Å². The molecule has 2 N–H and O–H groups in total. The van der Waals surface area contributed by atoms with Gasteiger partial charge < -0.3 is 10.2 Å². The van der Waals surface area contributed by atoms with Crippen LogP contribution in [0.4, 0.5) is 0 Å². The Morgan fingerprint density at radius 2 is 0.878 bits per heavy atom. The third-order valence-corrected chi connectivity index (χ3v) is 8.30. The molecule has 0 bridgehead atoms. The molecule has 0 heterocycles. The first-order valence-corrected chi connectivity index (χ1v) is 15.1. The van der Waals surface area contributed by atoms with Crippen molar-refractivity contribution >= 4 is 12.2 Å². The molecule has 1 fully saturated rings. The third kappa shape index (κ3) is 8.77. The summed E-state index contributed by atoms with van der Waals surface area (Å²) in [6, 6.07) is 8.57. The predicted octanol–water partition coefficient (Wildman–Crippen LogP) is 10.4. The minimum absolute atomic E-state index is 0. The van der Waals surface area contributed by atoms with Gasteiger partial charge in [-0.3, -0.25) is 12.2 Å². The molecule has 2 aromatic rings. The number of phenols is 2. The Hall–Kier alpha value is -1.97. The number of hydrogen-bond acceptors (Lipinski definition) is 2. The van der Waals surface area contributed by atoms with Gasteiger partial charge in [0.1, 0.15) is 0 Å². The maximum absolute atomic E-state index is 11.3. The molecule has 0 unspecified atom stereocenters. The summed E-state index contributed by atoms with van der Waals surface area (Å²) in [5, 5.41) is 22.5. The summed E-state index contributed by atoms with van der Waals surface area (Å²) in [5.41, 5.74) is 5.72. The third-order valence-electron chi connectivity index (χ3n) is 8.30. The van der Waals surface area contributed by atoms with Gasteiger partial charge in [0, 0.05) is 11.5 Å². The molecule has 41 heavy (non-hydrogen) atoms. The first kappa shape index (κ1) is 35.2. The van der Waals surface area contributed by atoms with E-state index in [2.05, 4.69) is 120 Å². The van der Waals surface area contributed by atoms with E-state index in [4.69, 9.17) is 0 Å². The van der Waals surface area contributed by atoms with Gasteiger partial charge in [0.25, 0.3) is 0 Å². The van der Waals surface area contributed by atoms with E-state index in [-0.39, 0.29) is 50.3 Å². The Morgan fingerprint density at radius 1 is 0.561 bits per heavy atom. The molecule has 3 heteroatoms. The van der Waals surface area contributed by atoms with E-state index in [9.17, 15) is 10.2 Å². The normalized spacial score (nSPS) is 19.1. The van der Waals surface area contributed by atoms with Gasteiger partial charge in [0.05, 0.1) is 0 Å². The number of allylic oxidation sites excluding steroid dienone is 2. The molecule has 2 atom stereocenters. The van der Waals surface area contributed by atoms with E-state index in [1.165, 1.54) is 24.0 Å². The second-order valence-corrected chi connectivity index (χ2v) is 16.0. The zero-order valence-corrected chi connectivity index (χ0v) is 28.7. The molecule has 0 aromatic heterocycles. The fourth-order valence-corrected chi connectivity index (χ4v) is 5.47. The van der Waals surface area contributed by atoms with Gasteiger partial charge in [0.15, 0.2) is 0 Å². The number of aromatic hydroxyl groups is 2. The molecule has 1 radical (unpaired) electrons. The van der Waals surface area contributed by atoms with Gasteiger partial charge in [-0.2, -0.15) is 0 Å². The van der Waals surface area contributed by atoms with E-state index in [0.717, 1.165) is 35.1 Å². The van der Waals surface area contributed by atoms with Crippen LogP contribution in [0.15, 0.2) is 24.3 Å². The van der Waals surface area contributed by atoms with E-state index in [0.29, 0.717) is 11.5 Å². The molecular formula is C38H54CoO2. The van der Waals surface area contributed by atoms with Crippen LogP contribution in [0.3, 0.4) is 0 Å². The summed E-state index contributed by atoms with van der Waals surface area (Å²) in [6.07, 6.45) is 15.8. The first-order valence-electron chi connectivity index (χ1n) is 15.1. The summed E-state index contributed by atoms with van der Waals surface area (Å²) in [4.78, 5) is 0. The molecule has 2 aromatic carbocycles. The predicted molar refractivity (Wildman–Crippen MR) is 172 cm³/mol. The Balaban J connectivity index is 0.00000588. The Labute approximate surface area is 262 Å². The Kier molecular flexibility index (Phi) is 10.9. The van der Waals surface area contributed by atoms with Crippen molar-refractivity contribution in [2.45, 2.75) is 130 Å². The topological polar surface area (TPSA) is 40.5 Å². The van der Waals surface area contributed by atoms with Crippen LogP contribution in [0.1, 0.15) is 142 Å². The van der Waals surface area contributed by atoms with Crippen molar-refractivity contribution in [3.8, 4) is 11.5 Å². The van der Waals surface area contributed by atoms with Gasteiger partial charge in [-0.1, -0.05) is 132 Å². The van der Waals surface area contributed by atoms with Crippen LogP contribution in [0, 0.1) is 24.0 Å². The molecular weight excluding hydrogens is 547 g/mol. The van der Waals surface area contributed by atoms with E-state index < -0.39 is 0 Å². The number of phenolic OH excluding ortho intramolecular Hbond substituents is 2. The number of hydrogen-bond donors (Lipinski definition) is 2. The average molecular weight is 602 g/mol. The summed E-state index contributed by atoms with van der Waals surface area (Å²) >= 11 is 0. The monoisotopic (exact) mass is 601 g/mol. The molecule has 2 nitrogen and oxygen atoms in total. The van der Waals surface area contributed by atoms with E-state index in [1.54, 1.807) is 0 Å². The van der Waals surface area contributed by atoms with Gasteiger partial charge in [-0.15, -0.1) is 35.1 Å².